The number of rotatable bonds is 5. The van der Waals surface area contributed by atoms with E-state index in [2.05, 4.69) is 0 Å². The minimum Gasteiger partial charge on any atom is -0.480 e. The zero-order valence-corrected chi connectivity index (χ0v) is 9.83. The summed E-state index contributed by atoms with van der Waals surface area (Å²) in [6.07, 6.45) is -0.302. The highest BCUT2D eigenvalue weighted by Crippen LogP contribution is 2.53. The Bertz CT molecular complexity index is 430. The van der Waals surface area contributed by atoms with E-state index in [9.17, 15) is 19.1 Å². The highest BCUT2D eigenvalue weighted by molar-refractivity contribution is 7.52. The largest absolute Gasteiger partial charge is 0.480 e. The number of benzene rings is 1. The van der Waals surface area contributed by atoms with E-state index in [-0.39, 0.29) is 6.42 Å². The van der Waals surface area contributed by atoms with Crippen LogP contribution in [0.4, 0.5) is 0 Å². The van der Waals surface area contributed by atoms with Crippen LogP contribution in [0.3, 0.4) is 0 Å². The van der Waals surface area contributed by atoms with Gasteiger partial charge in [-0.25, -0.2) is 0 Å². The van der Waals surface area contributed by atoms with E-state index < -0.39 is 25.3 Å². The zero-order chi connectivity index (χ0) is 13.1. The quantitative estimate of drug-likeness (QED) is 0.578. The Balaban J connectivity index is 2.98. The standard InChI is InChI=1S/C10H14NO5P/c11-8(10(12)13)6-9(17(14,15)16)7-4-2-1-3-5-7/h1-5,8-9H,6,11H2,(H,12,13)(H2,14,15,16)/t8-,9-/m0/s1. The molecule has 0 aliphatic heterocycles. The fourth-order valence-electron chi connectivity index (χ4n) is 1.48. The molecule has 17 heavy (non-hydrogen) atoms. The zero-order valence-electron chi connectivity index (χ0n) is 8.93. The fraction of sp³-hybridized carbons (Fsp3) is 0.300. The van der Waals surface area contributed by atoms with Gasteiger partial charge >= 0.3 is 13.6 Å². The lowest BCUT2D eigenvalue weighted by Crippen LogP contribution is -2.31. The first-order valence-corrected chi connectivity index (χ1v) is 6.59. The van der Waals surface area contributed by atoms with E-state index >= 15 is 0 Å². The van der Waals surface area contributed by atoms with Crippen molar-refractivity contribution in [3.05, 3.63) is 35.9 Å². The maximum absolute atomic E-state index is 11.3. The molecule has 0 spiro atoms. The molecule has 0 aliphatic carbocycles. The van der Waals surface area contributed by atoms with Crippen molar-refractivity contribution < 1.29 is 24.3 Å². The number of hydrogen-bond acceptors (Lipinski definition) is 3. The Labute approximate surface area is 98.2 Å². The third-order valence-electron chi connectivity index (χ3n) is 2.38. The molecule has 1 aromatic carbocycles. The molecule has 0 aromatic heterocycles. The predicted molar refractivity (Wildman–Crippen MR) is 61.5 cm³/mol. The van der Waals surface area contributed by atoms with E-state index in [1.165, 1.54) is 0 Å². The smallest absolute Gasteiger partial charge is 0.333 e. The third-order valence-corrected chi connectivity index (χ3v) is 3.71. The Morgan fingerprint density at radius 3 is 2.24 bits per heavy atom. The van der Waals surface area contributed by atoms with Gasteiger partial charge in [-0.05, 0) is 12.0 Å². The van der Waals surface area contributed by atoms with E-state index in [0.29, 0.717) is 5.56 Å². The maximum atomic E-state index is 11.3. The molecule has 0 aliphatic rings. The first kappa shape index (κ1) is 13.9. The molecular weight excluding hydrogens is 245 g/mol. The number of carboxylic acids is 1. The summed E-state index contributed by atoms with van der Waals surface area (Å²) in [5.41, 5.74) is 4.51. The molecule has 1 aromatic rings. The summed E-state index contributed by atoms with van der Waals surface area (Å²) in [6.45, 7) is 0. The minimum absolute atomic E-state index is 0.302. The monoisotopic (exact) mass is 259 g/mol. The molecule has 5 N–H and O–H groups in total. The van der Waals surface area contributed by atoms with Crippen LogP contribution in [0.1, 0.15) is 17.6 Å². The average Bonchev–Trinajstić information content (AvgIpc) is 2.25. The third kappa shape index (κ3) is 3.94. The van der Waals surface area contributed by atoms with Crippen molar-refractivity contribution >= 4 is 13.6 Å². The van der Waals surface area contributed by atoms with Gasteiger partial charge in [-0.2, -0.15) is 0 Å². The van der Waals surface area contributed by atoms with Crippen LogP contribution >= 0.6 is 7.60 Å². The fourth-order valence-corrected chi connectivity index (χ4v) is 2.55. The van der Waals surface area contributed by atoms with E-state index in [0.717, 1.165) is 0 Å². The molecule has 94 valence electrons. The van der Waals surface area contributed by atoms with Crippen LogP contribution in [0, 0.1) is 0 Å². The molecule has 0 saturated heterocycles. The molecule has 1 rings (SSSR count). The average molecular weight is 259 g/mol. The lowest BCUT2D eigenvalue weighted by atomic mass is 10.1. The molecule has 0 saturated carbocycles. The van der Waals surface area contributed by atoms with Crippen molar-refractivity contribution in [2.45, 2.75) is 18.1 Å². The number of nitrogens with two attached hydrogens (primary N) is 1. The van der Waals surface area contributed by atoms with Crippen molar-refractivity contribution in [3.8, 4) is 0 Å². The lowest BCUT2D eigenvalue weighted by Gasteiger charge is -2.20. The van der Waals surface area contributed by atoms with Crippen LogP contribution in [-0.4, -0.2) is 26.9 Å². The molecule has 2 atom stereocenters. The summed E-state index contributed by atoms with van der Waals surface area (Å²) in [5.74, 6) is -1.28. The summed E-state index contributed by atoms with van der Waals surface area (Å²) in [7, 11) is -4.43. The van der Waals surface area contributed by atoms with Gasteiger partial charge in [0.25, 0.3) is 0 Å². The first-order chi connectivity index (χ1) is 7.82. The SMILES string of the molecule is N[C@@H](C[C@@H](c1ccccc1)P(=O)(O)O)C(=O)O. The summed E-state index contributed by atoms with van der Waals surface area (Å²) >= 11 is 0. The minimum atomic E-state index is -4.43. The van der Waals surface area contributed by atoms with E-state index in [1.54, 1.807) is 30.3 Å². The van der Waals surface area contributed by atoms with Crippen LogP contribution < -0.4 is 5.73 Å². The number of aliphatic carboxylic acids is 1. The van der Waals surface area contributed by atoms with Crippen molar-refractivity contribution in [3.63, 3.8) is 0 Å². The van der Waals surface area contributed by atoms with Crippen molar-refractivity contribution in [2.75, 3.05) is 0 Å². The van der Waals surface area contributed by atoms with Crippen LogP contribution in [0.25, 0.3) is 0 Å². The lowest BCUT2D eigenvalue weighted by molar-refractivity contribution is -0.138. The van der Waals surface area contributed by atoms with Gasteiger partial charge in [0.1, 0.15) is 6.04 Å². The topological polar surface area (TPSA) is 121 Å². The van der Waals surface area contributed by atoms with Gasteiger partial charge in [0, 0.05) is 0 Å². The highest BCUT2D eigenvalue weighted by Gasteiger charge is 2.33. The maximum Gasteiger partial charge on any atom is 0.333 e. The van der Waals surface area contributed by atoms with Gasteiger partial charge in [-0.1, -0.05) is 30.3 Å². The van der Waals surface area contributed by atoms with Crippen LogP contribution in [0.2, 0.25) is 0 Å². The molecule has 0 fully saturated rings. The van der Waals surface area contributed by atoms with Crippen molar-refractivity contribution in [2.24, 2.45) is 5.73 Å². The predicted octanol–water partition coefficient (Wildman–Crippen LogP) is 0.707. The van der Waals surface area contributed by atoms with Gasteiger partial charge in [0.05, 0.1) is 5.66 Å². The Hall–Kier alpha value is -1.20. The van der Waals surface area contributed by atoms with Gasteiger partial charge < -0.3 is 20.6 Å². The summed E-state index contributed by atoms with van der Waals surface area (Å²) < 4.78 is 11.3. The summed E-state index contributed by atoms with van der Waals surface area (Å²) in [5, 5.41) is 8.67. The molecular formula is C10H14NO5P. The Morgan fingerprint density at radius 1 is 1.29 bits per heavy atom. The Morgan fingerprint density at radius 2 is 1.82 bits per heavy atom. The second-order valence-electron chi connectivity index (χ2n) is 3.70. The second kappa shape index (κ2) is 5.42. The van der Waals surface area contributed by atoms with Crippen LogP contribution in [-0.2, 0) is 9.36 Å². The molecule has 0 unspecified atom stereocenters. The number of carboxylic acid groups (broad SMARTS) is 1. The molecule has 7 heteroatoms. The molecule has 0 amide bonds. The van der Waals surface area contributed by atoms with Gasteiger partial charge in [-0.15, -0.1) is 0 Å². The van der Waals surface area contributed by atoms with Gasteiger partial charge in [0.2, 0.25) is 0 Å². The van der Waals surface area contributed by atoms with Gasteiger partial charge in [-0.3, -0.25) is 9.36 Å². The van der Waals surface area contributed by atoms with Crippen LogP contribution in [0.15, 0.2) is 30.3 Å². The molecule has 6 nitrogen and oxygen atoms in total. The van der Waals surface area contributed by atoms with Crippen LogP contribution in [0.5, 0.6) is 0 Å². The second-order valence-corrected chi connectivity index (χ2v) is 5.50. The van der Waals surface area contributed by atoms with E-state index in [1.807, 2.05) is 0 Å². The molecule has 0 bridgehead atoms. The normalized spacial score (nSPS) is 15.2. The van der Waals surface area contributed by atoms with E-state index in [4.69, 9.17) is 10.8 Å². The van der Waals surface area contributed by atoms with Crippen molar-refractivity contribution in [1.29, 1.82) is 0 Å². The van der Waals surface area contributed by atoms with Gasteiger partial charge in [0.15, 0.2) is 0 Å². The number of carbonyl (C=O) groups is 1. The molecule has 0 heterocycles. The first-order valence-electron chi connectivity index (χ1n) is 4.91. The summed E-state index contributed by atoms with van der Waals surface area (Å²) in [4.78, 5) is 29.1. The highest BCUT2D eigenvalue weighted by atomic mass is 31.2. The Kier molecular flexibility index (Phi) is 4.42. The molecule has 0 radical (unpaired) electrons. The van der Waals surface area contributed by atoms with Crippen molar-refractivity contribution in [1.82, 2.24) is 0 Å². The summed E-state index contributed by atoms with van der Waals surface area (Å²) in [6, 6.07) is 6.75. The number of hydrogen-bond donors (Lipinski definition) is 4.